The molecule has 0 saturated carbocycles. The number of pyridine rings is 2. The summed E-state index contributed by atoms with van der Waals surface area (Å²) in [6.07, 6.45) is 4.74. The van der Waals surface area contributed by atoms with Gasteiger partial charge in [0.15, 0.2) is 0 Å². The summed E-state index contributed by atoms with van der Waals surface area (Å²) in [4.78, 5) is 14.2. The smallest absolute Gasteiger partial charge is 0.141 e. The maximum atomic E-state index is 6.34. The second-order valence-corrected chi connectivity index (χ2v) is 10.3. The largest absolute Gasteiger partial charge is 0.495 e. The average molecular weight is 596 g/mol. The third kappa shape index (κ3) is 6.09. The first kappa shape index (κ1) is 28.6. The van der Waals surface area contributed by atoms with Gasteiger partial charge in [0.2, 0.25) is 0 Å². The molecule has 0 amide bonds. The summed E-state index contributed by atoms with van der Waals surface area (Å²) >= 11 is 12.7. The van der Waals surface area contributed by atoms with Crippen LogP contribution in [0.2, 0.25) is 10.0 Å². The molecule has 0 radical (unpaired) electrons. The van der Waals surface area contributed by atoms with Crippen LogP contribution in [0.5, 0.6) is 23.0 Å². The van der Waals surface area contributed by atoms with E-state index in [9.17, 15) is 0 Å². The van der Waals surface area contributed by atoms with Crippen LogP contribution in [0.15, 0.2) is 60.9 Å². The molecule has 1 aliphatic heterocycles. The van der Waals surface area contributed by atoms with E-state index in [2.05, 4.69) is 34.1 Å². The molecule has 41 heavy (non-hydrogen) atoms. The number of halogens is 2. The van der Waals surface area contributed by atoms with Crippen LogP contribution in [0.1, 0.15) is 6.42 Å². The second-order valence-electron chi connectivity index (χ2n) is 9.53. The Labute approximate surface area is 250 Å². The minimum atomic E-state index is 0.451. The molecule has 2 aromatic heterocycles. The van der Waals surface area contributed by atoms with Gasteiger partial charge >= 0.3 is 0 Å². The second kappa shape index (κ2) is 12.7. The van der Waals surface area contributed by atoms with E-state index in [1.807, 2.05) is 36.7 Å². The Hall–Kier alpha value is -3.88. The fourth-order valence-corrected chi connectivity index (χ4v) is 5.46. The molecule has 1 saturated heterocycles. The van der Waals surface area contributed by atoms with Gasteiger partial charge in [-0.05, 0) is 66.1 Å². The van der Waals surface area contributed by atoms with Crippen LogP contribution in [0, 0.1) is 0 Å². The van der Waals surface area contributed by atoms with Gasteiger partial charge in [-0.2, -0.15) is 0 Å². The number of nitrogens with zero attached hydrogens (tertiary/aromatic N) is 4. The van der Waals surface area contributed by atoms with Crippen molar-refractivity contribution in [2.75, 3.05) is 64.4 Å². The van der Waals surface area contributed by atoms with Crippen molar-refractivity contribution in [2.24, 2.45) is 0 Å². The molecule has 0 unspecified atom stereocenters. The quantitative estimate of drug-likeness (QED) is 0.219. The van der Waals surface area contributed by atoms with Gasteiger partial charge in [0.1, 0.15) is 44.7 Å². The molecular formula is C31H32Cl2N4O4. The zero-order valence-corrected chi connectivity index (χ0v) is 25.0. The molecule has 1 aliphatic rings. The first-order chi connectivity index (χ1) is 19.9. The third-order valence-corrected chi connectivity index (χ3v) is 7.94. The molecule has 0 bridgehead atoms. The normalized spacial score (nSPS) is 13.5. The lowest BCUT2D eigenvalue weighted by Crippen LogP contribution is -2.31. The Bertz CT molecular complexity index is 1340. The van der Waals surface area contributed by atoms with Gasteiger partial charge in [-0.3, -0.25) is 0 Å². The maximum Gasteiger partial charge on any atom is 0.141 e. The minimum absolute atomic E-state index is 0.451. The summed E-state index contributed by atoms with van der Waals surface area (Å²) in [6, 6.07) is 15.8. The zero-order chi connectivity index (χ0) is 28.9. The summed E-state index contributed by atoms with van der Waals surface area (Å²) in [7, 11) is 6.36. The van der Waals surface area contributed by atoms with E-state index in [1.54, 1.807) is 28.4 Å². The van der Waals surface area contributed by atoms with Gasteiger partial charge in [-0.15, -0.1) is 0 Å². The van der Waals surface area contributed by atoms with Crippen LogP contribution >= 0.6 is 23.2 Å². The lowest BCUT2D eigenvalue weighted by molar-refractivity contribution is 0.395. The van der Waals surface area contributed by atoms with E-state index in [0.29, 0.717) is 33.0 Å². The van der Waals surface area contributed by atoms with Crippen molar-refractivity contribution in [3.8, 4) is 45.3 Å². The highest BCUT2D eigenvalue weighted by Gasteiger charge is 2.19. The van der Waals surface area contributed by atoms with Crippen LogP contribution in [0.4, 0.5) is 11.6 Å². The van der Waals surface area contributed by atoms with Crippen molar-refractivity contribution in [1.29, 1.82) is 0 Å². The number of ether oxygens (including phenoxy) is 4. The fourth-order valence-electron chi connectivity index (χ4n) is 4.94. The predicted octanol–water partition coefficient (Wildman–Crippen LogP) is 6.87. The number of hydrogen-bond donors (Lipinski definition) is 0. The molecule has 1 fully saturated rings. The van der Waals surface area contributed by atoms with Gasteiger partial charge in [0, 0.05) is 49.7 Å². The number of hydrogen-bond acceptors (Lipinski definition) is 8. The van der Waals surface area contributed by atoms with Crippen molar-refractivity contribution < 1.29 is 18.9 Å². The van der Waals surface area contributed by atoms with Crippen molar-refractivity contribution in [3.63, 3.8) is 0 Å². The number of benzene rings is 2. The van der Waals surface area contributed by atoms with Crippen LogP contribution in [0.25, 0.3) is 22.3 Å². The van der Waals surface area contributed by atoms with E-state index in [1.165, 1.54) is 0 Å². The van der Waals surface area contributed by atoms with E-state index < -0.39 is 0 Å². The van der Waals surface area contributed by atoms with Gasteiger partial charge in [0.25, 0.3) is 0 Å². The highest BCUT2D eigenvalue weighted by atomic mass is 35.5. The maximum absolute atomic E-state index is 6.34. The van der Waals surface area contributed by atoms with Crippen molar-refractivity contribution in [2.45, 2.75) is 6.42 Å². The van der Waals surface area contributed by atoms with E-state index in [0.717, 1.165) is 66.5 Å². The average Bonchev–Trinajstić information content (AvgIpc) is 3.28. The molecule has 0 N–H and O–H groups in total. The molecule has 10 heteroatoms. The highest BCUT2D eigenvalue weighted by molar-refractivity contribution is 6.34. The number of aromatic nitrogens is 2. The van der Waals surface area contributed by atoms with Crippen molar-refractivity contribution >= 4 is 34.8 Å². The molecule has 3 heterocycles. The Morgan fingerprint density at radius 3 is 1.20 bits per heavy atom. The molecule has 0 spiro atoms. The number of rotatable bonds is 8. The molecule has 214 valence electrons. The lowest BCUT2D eigenvalue weighted by atomic mass is 10.1. The summed E-state index contributed by atoms with van der Waals surface area (Å²) in [5.41, 5.74) is 3.76. The van der Waals surface area contributed by atoms with E-state index >= 15 is 0 Å². The topological polar surface area (TPSA) is 69.2 Å². The molecule has 0 atom stereocenters. The van der Waals surface area contributed by atoms with Crippen LogP contribution < -0.4 is 28.7 Å². The summed E-state index contributed by atoms with van der Waals surface area (Å²) in [5, 5.41) is 0.902. The molecule has 5 rings (SSSR count). The predicted molar refractivity (Wildman–Crippen MR) is 165 cm³/mol. The first-order valence-electron chi connectivity index (χ1n) is 13.2. The number of anilines is 2. The molecule has 4 aromatic rings. The molecular weight excluding hydrogens is 563 g/mol. The minimum Gasteiger partial charge on any atom is -0.495 e. The van der Waals surface area contributed by atoms with Gasteiger partial charge in [-0.25, -0.2) is 9.97 Å². The van der Waals surface area contributed by atoms with Crippen molar-refractivity contribution in [1.82, 2.24) is 9.97 Å². The lowest BCUT2D eigenvalue weighted by Gasteiger charge is -2.23. The van der Waals surface area contributed by atoms with Crippen molar-refractivity contribution in [3.05, 3.63) is 71.0 Å². The zero-order valence-electron chi connectivity index (χ0n) is 23.5. The summed E-state index contributed by atoms with van der Waals surface area (Å²) < 4.78 is 21.7. The molecule has 0 aliphatic carbocycles. The standard InChI is InChI=1S/C31H32Cl2N4O4/c1-38-24-14-22(15-25(39-2)30(24)32)20-6-8-28(34-18-20)36-10-5-11-37(13-12-36)29-9-7-21(19-35-29)23-16-26(40-3)31(33)27(17-23)41-4/h6-9,14-19H,5,10-13H2,1-4H3. The van der Waals surface area contributed by atoms with Gasteiger partial charge in [0.05, 0.1) is 28.4 Å². The molecule has 8 nitrogen and oxygen atoms in total. The van der Waals surface area contributed by atoms with Crippen LogP contribution in [0.3, 0.4) is 0 Å². The SMILES string of the molecule is COc1cc(-c2ccc(N3CCCN(c4ccc(-c5cc(OC)c(Cl)c(OC)c5)cn4)CC3)nc2)cc(OC)c1Cl. The summed E-state index contributed by atoms with van der Waals surface area (Å²) in [5.74, 6) is 4.13. The van der Waals surface area contributed by atoms with Crippen LogP contribution in [-0.4, -0.2) is 64.6 Å². The first-order valence-corrected chi connectivity index (χ1v) is 14.0. The van der Waals surface area contributed by atoms with Gasteiger partial charge < -0.3 is 28.7 Å². The third-order valence-electron chi connectivity index (χ3n) is 7.20. The highest BCUT2D eigenvalue weighted by Crippen LogP contribution is 2.40. The van der Waals surface area contributed by atoms with Gasteiger partial charge in [-0.1, -0.05) is 23.2 Å². The Balaban J connectivity index is 1.27. The number of methoxy groups -OCH3 is 4. The Morgan fingerprint density at radius 2 is 0.902 bits per heavy atom. The fraction of sp³-hybridized carbons (Fsp3) is 0.290. The van der Waals surface area contributed by atoms with E-state index in [4.69, 9.17) is 52.1 Å². The Morgan fingerprint density at radius 1 is 0.537 bits per heavy atom. The Kier molecular flexibility index (Phi) is 8.90. The monoisotopic (exact) mass is 594 g/mol. The van der Waals surface area contributed by atoms with E-state index in [-0.39, 0.29) is 0 Å². The molecule has 2 aromatic carbocycles. The summed E-state index contributed by atoms with van der Waals surface area (Å²) in [6.45, 7) is 3.50. The van der Waals surface area contributed by atoms with Crippen LogP contribution in [-0.2, 0) is 0 Å².